The van der Waals surface area contributed by atoms with Gasteiger partial charge in [-0.2, -0.15) is 4.57 Å². The number of aliphatic hydroxyl groups is 3. The van der Waals surface area contributed by atoms with E-state index in [-0.39, 0.29) is 13.7 Å². The average Bonchev–Trinajstić information content (AvgIpc) is 2.78. The molecule has 0 aliphatic carbocycles. The summed E-state index contributed by atoms with van der Waals surface area (Å²) in [5.74, 6) is -7.89. The van der Waals surface area contributed by atoms with Crippen molar-refractivity contribution in [1.29, 1.82) is 0 Å². The molecule has 0 spiro atoms. The van der Waals surface area contributed by atoms with Gasteiger partial charge in [-0.05, 0) is 0 Å². The molecule has 180 valence electrons. The van der Waals surface area contributed by atoms with E-state index in [0.29, 0.717) is 18.2 Å². The van der Waals surface area contributed by atoms with E-state index in [1.54, 1.807) is 0 Å². The molecule has 15 nitrogen and oxygen atoms in total. The zero-order valence-electron chi connectivity index (χ0n) is 17.1. The Balaban J connectivity index is 4.24. The monoisotopic (exact) mass is 471 g/mol. The maximum atomic E-state index is 13.0. The normalized spacial score (nSPS) is 11.7. The molecular weight excluding hydrogens is 450 g/mol. The molecule has 0 aliphatic heterocycles. The van der Waals surface area contributed by atoms with Gasteiger partial charge in [-0.25, -0.2) is 37.9 Å². The highest BCUT2D eigenvalue weighted by atomic mass is 16.8. The molecule has 3 N–H and O–H groups in total. The predicted octanol–water partition coefficient (Wildman–Crippen LogP) is -3.73. The van der Waals surface area contributed by atoms with Crippen LogP contribution in [-0.4, -0.2) is 66.4 Å². The first-order valence-electron chi connectivity index (χ1n) is 8.95. The van der Waals surface area contributed by atoms with Crippen molar-refractivity contribution in [2.75, 3.05) is 13.2 Å². The van der Waals surface area contributed by atoms with Gasteiger partial charge in [0.2, 0.25) is 0 Å². The van der Waals surface area contributed by atoms with Gasteiger partial charge in [0.1, 0.15) is 0 Å². The molecule has 0 radical (unpaired) electrons. The molecule has 1 aromatic rings. The lowest BCUT2D eigenvalue weighted by atomic mass is 10.4. The van der Waals surface area contributed by atoms with Crippen molar-refractivity contribution in [1.82, 2.24) is 13.7 Å². The summed E-state index contributed by atoms with van der Waals surface area (Å²) in [5.41, 5.74) is -4.62. The molecule has 0 amide bonds. The SMILES string of the molecule is C=CC(=O)OC(O)C(OC(=O)C=C)(OC(=O)C=C)n1c(=O)n(CCO)c(=O)n(CCO)c1=O. The highest BCUT2D eigenvalue weighted by Crippen LogP contribution is 2.25. The number of ether oxygens (including phenoxy) is 3. The number of esters is 3. The van der Waals surface area contributed by atoms with Gasteiger partial charge >= 0.3 is 47.2 Å². The number of hydrogen-bond donors (Lipinski definition) is 3. The topological polar surface area (TPSA) is 206 Å². The van der Waals surface area contributed by atoms with Gasteiger partial charge in [0.05, 0.1) is 26.3 Å². The molecule has 1 aromatic heterocycles. The highest BCUT2D eigenvalue weighted by Gasteiger charge is 2.54. The van der Waals surface area contributed by atoms with Crippen LogP contribution >= 0.6 is 0 Å². The number of aliphatic hydroxyl groups excluding tert-OH is 3. The summed E-state index contributed by atoms with van der Waals surface area (Å²) in [6, 6.07) is 0. The van der Waals surface area contributed by atoms with E-state index >= 15 is 0 Å². The van der Waals surface area contributed by atoms with Gasteiger partial charge in [-0.1, -0.05) is 19.7 Å². The first kappa shape index (κ1) is 27.0. The van der Waals surface area contributed by atoms with E-state index < -0.39 is 73.5 Å². The first-order chi connectivity index (χ1) is 15.5. The number of carbonyl (C=O) groups is 3. The molecule has 1 heterocycles. The van der Waals surface area contributed by atoms with E-state index in [0.717, 1.165) is 0 Å². The van der Waals surface area contributed by atoms with Crippen LogP contribution in [0.4, 0.5) is 0 Å². The van der Waals surface area contributed by atoms with Crippen LogP contribution in [0.5, 0.6) is 0 Å². The summed E-state index contributed by atoms with van der Waals surface area (Å²) in [7, 11) is 0. The maximum Gasteiger partial charge on any atom is 0.420 e. The molecule has 1 rings (SSSR count). The molecule has 0 bridgehead atoms. The average molecular weight is 471 g/mol. The molecular formula is C18H21N3O12. The van der Waals surface area contributed by atoms with Crippen molar-refractivity contribution >= 4 is 17.9 Å². The van der Waals surface area contributed by atoms with E-state index in [4.69, 9.17) is 9.47 Å². The highest BCUT2D eigenvalue weighted by molar-refractivity contribution is 5.83. The van der Waals surface area contributed by atoms with Crippen LogP contribution in [0.3, 0.4) is 0 Å². The summed E-state index contributed by atoms with van der Waals surface area (Å²) in [6.07, 6.45) is -1.37. The Morgan fingerprint density at radius 3 is 1.55 bits per heavy atom. The Hall–Kier alpha value is -4.08. The molecule has 33 heavy (non-hydrogen) atoms. The number of aromatic nitrogens is 3. The van der Waals surface area contributed by atoms with Crippen LogP contribution < -0.4 is 17.1 Å². The van der Waals surface area contributed by atoms with Crippen LogP contribution in [0.2, 0.25) is 0 Å². The standard InChI is InChI=1S/C18H21N3O12/c1-4-11(24)31-14(27)18(32-12(25)5-2,33-13(26)6-3)21-16(29)19(7-9-22)15(28)20(8-10-23)17(21)30/h4-6,14,22-23,27H,1-3,7-10H2. The lowest BCUT2D eigenvalue weighted by Gasteiger charge is -2.35. The van der Waals surface area contributed by atoms with Gasteiger partial charge < -0.3 is 29.5 Å². The predicted molar refractivity (Wildman–Crippen MR) is 106 cm³/mol. The Morgan fingerprint density at radius 2 is 1.21 bits per heavy atom. The summed E-state index contributed by atoms with van der Waals surface area (Å²) in [4.78, 5) is 74.3. The molecule has 1 atom stereocenters. The smallest absolute Gasteiger partial charge is 0.420 e. The Bertz CT molecular complexity index is 1060. The van der Waals surface area contributed by atoms with Gasteiger partial charge in [0.15, 0.2) is 0 Å². The van der Waals surface area contributed by atoms with Crippen LogP contribution in [0.1, 0.15) is 0 Å². The largest absolute Gasteiger partial charge is 0.422 e. The third-order valence-electron chi connectivity index (χ3n) is 3.80. The minimum Gasteiger partial charge on any atom is -0.422 e. The molecule has 0 aliphatic rings. The third-order valence-corrected chi connectivity index (χ3v) is 3.80. The Kier molecular flexibility index (Phi) is 9.40. The number of hydrogen-bond acceptors (Lipinski definition) is 12. The van der Waals surface area contributed by atoms with Crippen LogP contribution in [-0.2, 0) is 47.6 Å². The quantitative estimate of drug-likeness (QED) is 0.153. The lowest BCUT2D eigenvalue weighted by molar-refractivity contribution is -0.349. The van der Waals surface area contributed by atoms with Crippen LogP contribution in [0.15, 0.2) is 52.3 Å². The van der Waals surface area contributed by atoms with Crippen LogP contribution in [0.25, 0.3) is 0 Å². The third kappa shape index (κ3) is 5.59. The summed E-state index contributed by atoms with van der Waals surface area (Å²) in [6.45, 7) is 6.24. The molecule has 0 aromatic carbocycles. The van der Waals surface area contributed by atoms with Crippen molar-refractivity contribution in [3.05, 3.63) is 69.4 Å². The van der Waals surface area contributed by atoms with Gasteiger partial charge in [-0.3, -0.25) is 0 Å². The molecule has 0 saturated carbocycles. The fourth-order valence-electron chi connectivity index (χ4n) is 2.41. The number of rotatable bonds is 12. The van der Waals surface area contributed by atoms with Crippen molar-refractivity contribution in [3.63, 3.8) is 0 Å². The number of nitrogens with zero attached hydrogens (tertiary/aromatic N) is 3. The molecule has 0 fully saturated rings. The minimum atomic E-state index is -3.55. The van der Waals surface area contributed by atoms with Gasteiger partial charge in [0, 0.05) is 18.2 Å². The number of carbonyl (C=O) groups excluding carboxylic acids is 3. The van der Waals surface area contributed by atoms with E-state index in [2.05, 4.69) is 24.5 Å². The van der Waals surface area contributed by atoms with Crippen molar-refractivity contribution in [2.24, 2.45) is 0 Å². The van der Waals surface area contributed by atoms with E-state index in [9.17, 15) is 44.1 Å². The first-order valence-corrected chi connectivity index (χ1v) is 8.95. The molecule has 1 unspecified atom stereocenters. The van der Waals surface area contributed by atoms with Crippen molar-refractivity contribution in [3.8, 4) is 0 Å². The summed E-state index contributed by atoms with van der Waals surface area (Å²) >= 11 is 0. The van der Waals surface area contributed by atoms with Crippen LogP contribution in [0, 0.1) is 0 Å². The second kappa shape index (κ2) is 11.5. The Labute approximate surface area is 184 Å². The fourth-order valence-corrected chi connectivity index (χ4v) is 2.41. The van der Waals surface area contributed by atoms with Gasteiger partial charge in [0.25, 0.3) is 0 Å². The lowest BCUT2D eigenvalue weighted by Crippen LogP contribution is -2.66. The second-order valence-corrected chi connectivity index (χ2v) is 5.81. The van der Waals surface area contributed by atoms with E-state index in [1.807, 2.05) is 0 Å². The minimum absolute atomic E-state index is 0.219. The van der Waals surface area contributed by atoms with Gasteiger partial charge in [-0.15, -0.1) is 0 Å². The van der Waals surface area contributed by atoms with Crippen molar-refractivity contribution < 1.29 is 43.9 Å². The molecule has 0 saturated heterocycles. The van der Waals surface area contributed by atoms with Crippen molar-refractivity contribution in [2.45, 2.75) is 25.3 Å². The summed E-state index contributed by atoms with van der Waals surface area (Å²) < 4.78 is 14.4. The zero-order valence-corrected chi connectivity index (χ0v) is 17.1. The Morgan fingerprint density at radius 1 is 0.818 bits per heavy atom. The summed E-state index contributed by atoms with van der Waals surface area (Å²) in [5, 5.41) is 29.0. The maximum absolute atomic E-state index is 13.0. The second-order valence-electron chi connectivity index (χ2n) is 5.81. The zero-order chi connectivity index (χ0) is 25.3. The molecule has 15 heteroatoms. The fraction of sp³-hybridized carbons (Fsp3) is 0.333. The van der Waals surface area contributed by atoms with E-state index in [1.165, 1.54) is 0 Å².